The van der Waals surface area contributed by atoms with E-state index in [1.165, 1.54) is 0 Å². The van der Waals surface area contributed by atoms with Gasteiger partial charge in [-0.25, -0.2) is 0 Å². The van der Waals surface area contributed by atoms with Gasteiger partial charge >= 0.3 is 7.60 Å². The predicted molar refractivity (Wildman–Crippen MR) is 96.0 cm³/mol. The van der Waals surface area contributed by atoms with E-state index in [9.17, 15) is 4.57 Å². The quantitative estimate of drug-likeness (QED) is 0.499. The number of hydrogen-bond acceptors (Lipinski definition) is 4. The van der Waals surface area contributed by atoms with Crippen molar-refractivity contribution in [3.63, 3.8) is 0 Å². The number of unbranched alkanes of at least 4 members (excludes halogenated alkanes) is 1. The van der Waals surface area contributed by atoms with Gasteiger partial charge in [0, 0.05) is 5.31 Å². The third-order valence-corrected chi connectivity index (χ3v) is 6.07. The van der Waals surface area contributed by atoms with Gasteiger partial charge in [-0.2, -0.15) is 0 Å². The topological polar surface area (TPSA) is 44.8 Å². The third kappa shape index (κ3) is 5.49. The van der Waals surface area contributed by atoms with Gasteiger partial charge in [-0.05, 0) is 56.9 Å². The van der Waals surface area contributed by atoms with Crippen molar-refractivity contribution in [2.75, 3.05) is 20.3 Å². The van der Waals surface area contributed by atoms with Crippen molar-refractivity contribution in [2.24, 2.45) is 0 Å². The van der Waals surface area contributed by atoms with Crippen molar-refractivity contribution >= 4 is 13.2 Å². The van der Waals surface area contributed by atoms with Crippen LogP contribution in [0.15, 0.2) is 29.6 Å². The summed E-state index contributed by atoms with van der Waals surface area (Å²) in [6, 6.07) is 7.76. The first-order valence-corrected chi connectivity index (χ1v) is 9.80. The largest absolute Gasteiger partial charge is 0.497 e. The molecule has 5 heteroatoms. The molecule has 0 fully saturated rings. The van der Waals surface area contributed by atoms with Crippen LogP contribution in [0.3, 0.4) is 0 Å². The lowest BCUT2D eigenvalue weighted by molar-refractivity contribution is 0.225. The monoisotopic (exact) mass is 340 g/mol. The minimum atomic E-state index is -3.25. The fourth-order valence-corrected chi connectivity index (χ4v) is 4.45. The zero-order valence-corrected chi connectivity index (χ0v) is 15.8. The van der Waals surface area contributed by atoms with Crippen LogP contribution in [0.2, 0.25) is 0 Å². The van der Waals surface area contributed by atoms with Gasteiger partial charge in [0.2, 0.25) is 0 Å². The van der Waals surface area contributed by atoms with Crippen molar-refractivity contribution in [3.05, 3.63) is 35.1 Å². The Labute approximate surface area is 140 Å². The van der Waals surface area contributed by atoms with Crippen molar-refractivity contribution in [2.45, 2.75) is 47.0 Å². The van der Waals surface area contributed by atoms with Crippen LogP contribution in [0, 0.1) is 0 Å². The fourth-order valence-electron chi connectivity index (χ4n) is 2.41. The highest BCUT2D eigenvalue weighted by Gasteiger charge is 2.31. The van der Waals surface area contributed by atoms with Crippen LogP contribution in [-0.2, 0) is 13.6 Å². The molecular formula is C18H29O4P. The Hall–Kier alpha value is -1.09. The summed E-state index contributed by atoms with van der Waals surface area (Å²) in [6.07, 6.45) is 2.69. The highest BCUT2D eigenvalue weighted by Crippen LogP contribution is 2.59. The van der Waals surface area contributed by atoms with Crippen LogP contribution in [0.5, 0.6) is 5.75 Å². The SMILES string of the molecule is CCCC/C(=C(/C)c1ccc(OC)cc1)P(=O)(OCC)OCC. The summed E-state index contributed by atoms with van der Waals surface area (Å²) in [6.45, 7) is 8.51. The van der Waals surface area contributed by atoms with Crippen LogP contribution in [-0.4, -0.2) is 20.3 Å². The second-order valence-electron chi connectivity index (χ2n) is 5.24. The second kappa shape index (κ2) is 9.92. The van der Waals surface area contributed by atoms with E-state index in [4.69, 9.17) is 13.8 Å². The molecular weight excluding hydrogens is 311 g/mol. The van der Waals surface area contributed by atoms with Gasteiger partial charge in [-0.1, -0.05) is 25.5 Å². The van der Waals surface area contributed by atoms with E-state index in [2.05, 4.69) is 6.92 Å². The predicted octanol–water partition coefficient (Wildman–Crippen LogP) is 5.88. The van der Waals surface area contributed by atoms with Crippen molar-refractivity contribution in [1.82, 2.24) is 0 Å². The number of hydrogen-bond donors (Lipinski definition) is 0. The van der Waals surface area contributed by atoms with E-state index in [1.54, 1.807) is 7.11 Å². The van der Waals surface area contributed by atoms with E-state index < -0.39 is 7.60 Å². The normalized spacial score (nSPS) is 12.9. The molecule has 1 rings (SSSR count). The Balaban J connectivity index is 3.31. The summed E-state index contributed by atoms with van der Waals surface area (Å²) in [5.74, 6) is 0.800. The molecule has 0 saturated heterocycles. The Bertz CT molecular complexity index is 539. The lowest BCUT2D eigenvalue weighted by atomic mass is 10.1. The number of ether oxygens (including phenoxy) is 1. The van der Waals surface area contributed by atoms with Gasteiger partial charge in [-0.15, -0.1) is 0 Å². The van der Waals surface area contributed by atoms with Gasteiger partial charge in [0.05, 0.1) is 20.3 Å². The molecule has 0 heterocycles. The van der Waals surface area contributed by atoms with Gasteiger partial charge in [0.15, 0.2) is 0 Å². The van der Waals surface area contributed by atoms with Gasteiger partial charge in [0.25, 0.3) is 0 Å². The molecule has 0 spiro atoms. The minimum Gasteiger partial charge on any atom is -0.497 e. The number of rotatable bonds is 10. The molecule has 0 aliphatic heterocycles. The molecule has 23 heavy (non-hydrogen) atoms. The van der Waals surface area contributed by atoms with Crippen LogP contribution < -0.4 is 4.74 Å². The molecule has 0 aliphatic carbocycles. The first-order chi connectivity index (χ1) is 11.0. The highest BCUT2D eigenvalue weighted by molar-refractivity contribution is 7.58. The lowest BCUT2D eigenvalue weighted by Gasteiger charge is -2.22. The van der Waals surface area contributed by atoms with Crippen LogP contribution in [0.4, 0.5) is 0 Å². The smallest absolute Gasteiger partial charge is 0.357 e. The number of methoxy groups -OCH3 is 1. The fraction of sp³-hybridized carbons (Fsp3) is 0.556. The minimum absolute atomic E-state index is 0.364. The second-order valence-corrected chi connectivity index (χ2v) is 7.29. The van der Waals surface area contributed by atoms with E-state index in [1.807, 2.05) is 45.0 Å². The molecule has 1 aromatic carbocycles. The summed E-state index contributed by atoms with van der Waals surface area (Å²) < 4.78 is 29.6. The molecule has 0 aliphatic rings. The van der Waals surface area contributed by atoms with Gasteiger partial charge in [-0.3, -0.25) is 4.57 Å². The molecule has 0 radical (unpaired) electrons. The molecule has 0 saturated carbocycles. The Morgan fingerprint density at radius 1 is 1.04 bits per heavy atom. The van der Waals surface area contributed by atoms with Gasteiger partial charge < -0.3 is 13.8 Å². The summed E-state index contributed by atoms with van der Waals surface area (Å²) in [5, 5.41) is 0.785. The van der Waals surface area contributed by atoms with Gasteiger partial charge in [0.1, 0.15) is 5.75 Å². The molecule has 0 aromatic heterocycles. The summed E-state index contributed by atoms with van der Waals surface area (Å²) in [5.41, 5.74) is 1.97. The van der Waals surface area contributed by atoms with Crippen molar-refractivity contribution < 1.29 is 18.3 Å². The molecule has 0 bridgehead atoms. The summed E-state index contributed by atoms with van der Waals surface area (Å²) in [4.78, 5) is 0. The van der Waals surface area contributed by atoms with E-state index in [-0.39, 0.29) is 0 Å². The number of allylic oxidation sites excluding steroid dienone is 2. The number of benzene rings is 1. The molecule has 0 unspecified atom stereocenters. The zero-order valence-electron chi connectivity index (χ0n) is 14.9. The van der Waals surface area contributed by atoms with Crippen LogP contribution in [0.25, 0.3) is 5.57 Å². The maximum atomic E-state index is 13.2. The standard InChI is InChI=1S/C18H29O4P/c1-6-9-10-18(23(19,21-7-2)22-8-3)15(4)16-11-13-17(20-5)14-12-16/h11-14H,6-10H2,1-5H3/b18-15+. The lowest BCUT2D eigenvalue weighted by Crippen LogP contribution is -2.01. The molecule has 0 N–H and O–H groups in total. The highest BCUT2D eigenvalue weighted by atomic mass is 31.2. The maximum Gasteiger partial charge on any atom is 0.357 e. The summed E-state index contributed by atoms with van der Waals surface area (Å²) >= 11 is 0. The molecule has 0 amide bonds. The average Bonchev–Trinajstić information content (AvgIpc) is 2.55. The van der Waals surface area contributed by atoms with Crippen molar-refractivity contribution in [1.29, 1.82) is 0 Å². The molecule has 0 atom stereocenters. The first kappa shape index (κ1) is 20.0. The van der Waals surface area contributed by atoms with E-state index >= 15 is 0 Å². The maximum absolute atomic E-state index is 13.2. The third-order valence-electron chi connectivity index (χ3n) is 3.65. The first-order valence-electron chi connectivity index (χ1n) is 8.26. The van der Waals surface area contributed by atoms with Crippen LogP contribution in [0.1, 0.15) is 52.5 Å². The molecule has 4 nitrogen and oxygen atoms in total. The van der Waals surface area contributed by atoms with E-state index in [0.717, 1.165) is 35.0 Å². The summed E-state index contributed by atoms with van der Waals surface area (Å²) in [7, 11) is -1.61. The van der Waals surface area contributed by atoms with Crippen LogP contribution >= 0.6 is 7.60 Å². The zero-order chi connectivity index (χ0) is 17.3. The molecule has 1 aromatic rings. The van der Waals surface area contributed by atoms with E-state index in [0.29, 0.717) is 19.6 Å². The average molecular weight is 340 g/mol. The Morgan fingerprint density at radius 3 is 2.04 bits per heavy atom. The van der Waals surface area contributed by atoms with Crippen molar-refractivity contribution in [3.8, 4) is 5.75 Å². The Kier molecular flexibility index (Phi) is 8.60. The Morgan fingerprint density at radius 2 is 1.61 bits per heavy atom. The molecule has 130 valence electrons.